The summed E-state index contributed by atoms with van der Waals surface area (Å²) < 4.78 is 10.5. The average molecular weight is 342 g/mol. The highest BCUT2D eigenvalue weighted by atomic mass is 35.5. The van der Waals surface area contributed by atoms with Gasteiger partial charge in [-0.3, -0.25) is 4.79 Å². The van der Waals surface area contributed by atoms with Crippen LogP contribution in [0, 0.1) is 0 Å². The van der Waals surface area contributed by atoms with Crippen molar-refractivity contribution in [1.29, 1.82) is 0 Å². The fourth-order valence-corrected chi connectivity index (χ4v) is 2.80. The molecule has 0 aliphatic heterocycles. The number of anilines is 1. The molecule has 0 aliphatic rings. The smallest absolute Gasteiger partial charge is 0.256 e. The lowest BCUT2D eigenvalue weighted by atomic mass is 10.0. The number of rotatable bonds is 4. The van der Waals surface area contributed by atoms with E-state index >= 15 is 0 Å². The molecule has 4 nitrogen and oxygen atoms in total. The molecule has 0 saturated carbocycles. The first-order valence-corrected chi connectivity index (χ1v) is 7.72. The van der Waals surface area contributed by atoms with Crippen LogP contribution in [-0.4, -0.2) is 20.1 Å². The number of carbonyl (C=O) groups excluding carboxylic acids is 1. The van der Waals surface area contributed by atoms with Crippen molar-refractivity contribution in [2.24, 2.45) is 0 Å². The van der Waals surface area contributed by atoms with Gasteiger partial charge in [-0.15, -0.1) is 0 Å². The minimum atomic E-state index is -0.227. The van der Waals surface area contributed by atoms with Gasteiger partial charge in [0.05, 0.1) is 24.9 Å². The first-order valence-electron chi connectivity index (χ1n) is 7.34. The zero-order valence-corrected chi connectivity index (χ0v) is 14.1. The molecule has 0 atom stereocenters. The van der Waals surface area contributed by atoms with Crippen molar-refractivity contribution in [2.45, 2.75) is 0 Å². The summed E-state index contributed by atoms with van der Waals surface area (Å²) in [7, 11) is 3.04. The maximum Gasteiger partial charge on any atom is 0.256 e. The fraction of sp³-hybridized carbons (Fsp3) is 0.105. The van der Waals surface area contributed by atoms with Gasteiger partial charge >= 0.3 is 0 Å². The van der Waals surface area contributed by atoms with Crippen LogP contribution < -0.4 is 14.8 Å². The van der Waals surface area contributed by atoms with Crippen LogP contribution in [0.15, 0.2) is 54.6 Å². The van der Waals surface area contributed by atoms with Crippen LogP contribution in [-0.2, 0) is 0 Å². The third-order valence-corrected chi connectivity index (χ3v) is 4.05. The van der Waals surface area contributed by atoms with Gasteiger partial charge in [0.1, 0.15) is 11.5 Å². The minimum Gasteiger partial charge on any atom is -0.495 e. The molecule has 1 amide bonds. The van der Waals surface area contributed by atoms with Gasteiger partial charge in [-0.25, -0.2) is 0 Å². The van der Waals surface area contributed by atoms with Crippen molar-refractivity contribution in [3.05, 3.63) is 65.2 Å². The van der Waals surface area contributed by atoms with E-state index in [0.717, 1.165) is 10.8 Å². The molecule has 0 heterocycles. The van der Waals surface area contributed by atoms with E-state index in [1.807, 2.05) is 36.4 Å². The number of benzene rings is 3. The van der Waals surface area contributed by atoms with Gasteiger partial charge in [0.15, 0.2) is 0 Å². The number of fused-ring (bicyclic) bond motifs is 1. The second kappa shape index (κ2) is 6.81. The number of hydrogen-bond donors (Lipinski definition) is 1. The standard InChI is InChI=1S/C19H16ClNO3/c1-23-17-11-16(18(24-2)10-15(17)20)21-19(22)14-9-5-7-12-6-3-4-8-13(12)14/h3-11H,1-2H3,(H,21,22). The van der Waals surface area contributed by atoms with Crippen molar-refractivity contribution >= 4 is 34.0 Å². The molecule has 3 aromatic rings. The third kappa shape index (κ3) is 3.01. The molecule has 3 rings (SSSR count). The Morgan fingerprint density at radius 1 is 0.958 bits per heavy atom. The van der Waals surface area contributed by atoms with Gasteiger partial charge < -0.3 is 14.8 Å². The maximum atomic E-state index is 12.7. The van der Waals surface area contributed by atoms with E-state index in [1.165, 1.54) is 14.2 Å². The molecule has 1 N–H and O–H groups in total. The van der Waals surface area contributed by atoms with E-state index in [1.54, 1.807) is 18.2 Å². The van der Waals surface area contributed by atoms with Gasteiger partial charge in [-0.05, 0) is 16.8 Å². The average Bonchev–Trinajstić information content (AvgIpc) is 2.62. The molecule has 3 aromatic carbocycles. The highest BCUT2D eigenvalue weighted by Crippen LogP contribution is 2.36. The Kier molecular flexibility index (Phi) is 4.58. The van der Waals surface area contributed by atoms with Crippen molar-refractivity contribution in [3.63, 3.8) is 0 Å². The first kappa shape index (κ1) is 16.1. The summed E-state index contributed by atoms with van der Waals surface area (Å²) in [5.74, 6) is 0.703. The van der Waals surface area contributed by atoms with Crippen LogP contribution in [0.1, 0.15) is 10.4 Å². The molecule has 122 valence electrons. The zero-order valence-electron chi connectivity index (χ0n) is 13.3. The predicted molar refractivity (Wildman–Crippen MR) is 96.5 cm³/mol. The Labute approximate surface area is 145 Å². The van der Waals surface area contributed by atoms with Crippen LogP contribution in [0.25, 0.3) is 10.8 Å². The second-order valence-corrected chi connectivity index (χ2v) is 5.58. The number of halogens is 1. The van der Waals surface area contributed by atoms with Crippen molar-refractivity contribution in [3.8, 4) is 11.5 Å². The highest BCUT2D eigenvalue weighted by molar-refractivity contribution is 6.32. The summed E-state index contributed by atoms with van der Waals surface area (Å²) in [6, 6.07) is 16.6. The minimum absolute atomic E-state index is 0.227. The van der Waals surface area contributed by atoms with Gasteiger partial charge in [0.2, 0.25) is 0 Å². The number of methoxy groups -OCH3 is 2. The molecule has 5 heteroatoms. The fourth-order valence-electron chi connectivity index (χ4n) is 2.57. The molecule has 24 heavy (non-hydrogen) atoms. The van der Waals surface area contributed by atoms with Crippen molar-refractivity contribution in [2.75, 3.05) is 19.5 Å². The van der Waals surface area contributed by atoms with Crippen molar-refractivity contribution < 1.29 is 14.3 Å². The SMILES string of the molecule is COc1cc(NC(=O)c2cccc3ccccc23)c(OC)cc1Cl. The Morgan fingerprint density at radius 3 is 2.42 bits per heavy atom. The summed E-state index contributed by atoms with van der Waals surface area (Å²) in [6.45, 7) is 0. The van der Waals surface area contributed by atoms with Crippen LogP contribution in [0.4, 0.5) is 5.69 Å². The monoisotopic (exact) mass is 341 g/mol. The normalized spacial score (nSPS) is 10.5. The molecule has 0 spiro atoms. The summed E-state index contributed by atoms with van der Waals surface area (Å²) in [4.78, 5) is 12.7. The molecule has 0 aromatic heterocycles. The summed E-state index contributed by atoms with van der Waals surface area (Å²) in [5.41, 5.74) is 1.08. The van der Waals surface area contributed by atoms with E-state index in [-0.39, 0.29) is 5.91 Å². The van der Waals surface area contributed by atoms with Crippen LogP contribution >= 0.6 is 11.6 Å². The first-order chi connectivity index (χ1) is 11.6. The highest BCUT2D eigenvalue weighted by Gasteiger charge is 2.15. The van der Waals surface area contributed by atoms with Crippen LogP contribution in [0.3, 0.4) is 0 Å². The maximum absolute atomic E-state index is 12.7. The predicted octanol–water partition coefficient (Wildman–Crippen LogP) is 4.76. The molecule has 0 radical (unpaired) electrons. The van der Waals surface area contributed by atoms with Gasteiger partial charge in [0.25, 0.3) is 5.91 Å². The van der Waals surface area contributed by atoms with Crippen LogP contribution in [0.2, 0.25) is 5.02 Å². The van der Waals surface area contributed by atoms with Gasteiger partial charge in [-0.1, -0.05) is 48.0 Å². The number of hydrogen-bond acceptors (Lipinski definition) is 3. The topological polar surface area (TPSA) is 47.6 Å². The van der Waals surface area contributed by atoms with Crippen LogP contribution in [0.5, 0.6) is 11.5 Å². The summed E-state index contributed by atoms with van der Waals surface area (Å²) in [6.07, 6.45) is 0. The van der Waals surface area contributed by atoms with E-state index < -0.39 is 0 Å². The van der Waals surface area contributed by atoms with E-state index in [0.29, 0.717) is 27.8 Å². The number of ether oxygens (including phenoxy) is 2. The van der Waals surface area contributed by atoms with Gasteiger partial charge in [0, 0.05) is 17.7 Å². The largest absolute Gasteiger partial charge is 0.495 e. The molecule has 0 fully saturated rings. The molecule has 0 saturated heterocycles. The molecular weight excluding hydrogens is 326 g/mol. The number of carbonyl (C=O) groups is 1. The number of nitrogens with one attached hydrogen (secondary N) is 1. The summed E-state index contributed by atoms with van der Waals surface area (Å²) >= 11 is 6.09. The number of amides is 1. The Hall–Kier alpha value is -2.72. The third-order valence-electron chi connectivity index (χ3n) is 3.76. The van der Waals surface area contributed by atoms with E-state index in [4.69, 9.17) is 21.1 Å². The Bertz CT molecular complexity index is 903. The molecular formula is C19H16ClNO3. The van der Waals surface area contributed by atoms with E-state index in [9.17, 15) is 4.79 Å². The lowest BCUT2D eigenvalue weighted by Crippen LogP contribution is -2.13. The molecule has 0 bridgehead atoms. The Morgan fingerprint density at radius 2 is 1.67 bits per heavy atom. The zero-order chi connectivity index (χ0) is 17.1. The van der Waals surface area contributed by atoms with Gasteiger partial charge in [-0.2, -0.15) is 0 Å². The Balaban J connectivity index is 2.00. The van der Waals surface area contributed by atoms with Crippen molar-refractivity contribution in [1.82, 2.24) is 0 Å². The summed E-state index contributed by atoms with van der Waals surface area (Å²) in [5, 5.41) is 5.18. The lowest BCUT2D eigenvalue weighted by Gasteiger charge is -2.14. The quantitative estimate of drug-likeness (QED) is 0.744. The lowest BCUT2D eigenvalue weighted by molar-refractivity contribution is 0.102. The molecule has 0 aliphatic carbocycles. The molecule has 0 unspecified atom stereocenters. The second-order valence-electron chi connectivity index (χ2n) is 5.17. The van der Waals surface area contributed by atoms with E-state index in [2.05, 4.69) is 5.32 Å².